The number of rotatable bonds is 4. The highest BCUT2D eigenvalue weighted by Gasteiger charge is 2.16. The summed E-state index contributed by atoms with van der Waals surface area (Å²) in [5.74, 6) is 0.768. The van der Waals surface area contributed by atoms with Crippen molar-refractivity contribution in [2.75, 3.05) is 5.32 Å². The van der Waals surface area contributed by atoms with Crippen molar-refractivity contribution in [2.24, 2.45) is 7.05 Å². The molecule has 18 heavy (non-hydrogen) atoms. The summed E-state index contributed by atoms with van der Waals surface area (Å²) in [6.45, 7) is 0.369. The standard InChI is InChI=1S/C11H11ClN4O2/c1-15-6-5-13-10(15)7-14-11-8(12)3-2-4-9(11)16(17)18/h2-6,14H,7H2,1H3. The lowest BCUT2D eigenvalue weighted by atomic mass is 10.2. The molecule has 0 spiro atoms. The number of aryl methyl sites for hydroxylation is 1. The number of imidazole rings is 1. The minimum Gasteiger partial charge on any atom is -0.371 e. The van der Waals surface area contributed by atoms with Crippen molar-refractivity contribution in [2.45, 2.75) is 6.54 Å². The Bertz CT molecular complexity index is 582. The van der Waals surface area contributed by atoms with E-state index in [1.165, 1.54) is 6.07 Å². The van der Waals surface area contributed by atoms with Gasteiger partial charge in [-0.2, -0.15) is 0 Å². The van der Waals surface area contributed by atoms with Crippen LogP contribution < -0.4 is 5.32 Å². The van der Waals surface area contributed by atoms with Gasteiger partial charge in [0.25, 0.3) is 5.69 Å². The summed E-state index contributed by atoms with van der Waals surface area (Å²) in [4.78, 5) is 14.5. The third-order valence-corrected chi connectivity index (χ3v) is 2.85. The van der Waals surface area contributed by atoms with Gasteiger partial charge >= 0.3 is 0 Å². The van der Waals surface area contributed by atoms with E-state index in [0.29, 0.717) is 17.3 Å². The average Bonchev–Trinajstić information content (AvgIpc) is 2.73. The van der Waals surface area contributed by atoms with Gasteiger partial charge in [0.05, 0.1) is 16.5 Å². The van der Waals surface area contributed by atoms with E-state index in [2.05, 4.69) is 10.3 Å². The number of halogens is 1. The Kier molecular flexibility index (Phi) is 3.47. The van der Waals surface area contributed by atoms with Crippen molar-refractivity contribution in [1.82, 2.24) is 9.55 Å². The van der Waals surface area contributed by atoms with E-state index < -0.39 is 4.92 Å². The molecule has 0 aliphatic carbocycles. The molecule has 2 aromatic rings. The lowest BCUT2D eigenvalue weighted by molar-refractivity contribution is -0.384. The zero-order valence-corrected chi connectivity index (χ0v) is 10.4. The van der Waals surface area contributed by atoms with Crippen LogP contribution in [0.25, 0.3) is 0 Å². The van der Waals surface area contributed by atoms with Crippen LogP contribution in [-0.2, 0) is 13.6 Å². The second-order valence-corrected chi connectivity index (χ2v) is 4.11. The molecule has 1 N–H and O–H groups in total. The Labute approximate surface area is 108 Å². The number of nitro benzene ring substituents is 1. The predicted octanol–water partition coefficient (Wildman–Crippen LogP) is 2.59. The number of nitrogens with one attached hydrogen (secondary N) is 1. The Balaban J connectivity index is 2.24. The zero-order chi connectivity index (χ0) is 13.1. The van der Waals surface area contributed by atoms with Gasteiger partial charge in [-0.1, -0.05) is 17.7 Å². The highest BCUT2D eigenvalue weighted by atomic mass is 35.5. The van der Waals surface area contributed by atoms with Crippen LogP contribution in [-0.4, -0.2) is 14.5 Å². The largest absolute Gasteiger partial charge is 0.371 e. The molecule has 7 heteroatoms. The molecule has 0 unspecified atom stereocenters. The van der Waals surface area contributed by atoms with Crippen LogP contribution in [0.4, 0.5) is 11.4 Å². The van der Waals surface area contributed by atoms with Crippen LogP contribution >= 0.6 is 11.6 Å². The third kappa shape index (κ3) is 2.43. The van der Waals surface area contributed by atoms with Gasteiger partial charge in [0.2, 0.25) is 0 Å². The number of nitrogens with zero attached hydrogens (tertiary/aromatic N) is 3. The Morgan fingerprint density at radius 2 is 2.33 bits per heavy atom. The fraction of sp³-hybridized carbons (Fsp3) is 0.182. The molecule has 0 saturated carbocycles. The van der Waals surface area contributed by atoms with E-state index in [-0.39, 0.29) is 5.69 Å². The second kappa shape index (κ2) is 5.05. The molecule has 0 radical (unpaired) electrons. The number of anilines is 1. The van der Waals surface area contributed by atoms with Gasteiger partial charge in [-0.25, -0.2) is 4.98 Å². The van der Waals surface area contributed by atoms with Crippen LogP contribution in [0.15, 0.2) is 30.6 Å². The molecule has 6 nitrogen and oxygen atoms in total. The lowest BCUT2D eigenvalue weighted by Gasteiger charge is -2.08. The summed E-state index contributed by atoms with van der Waals surface area (Å²) < 4.78 is 1.83. The first-order valence-corrected chi connectivity index (χ1v) is 5.60. The molecule has 1 heterocycles. The van der Waals surface area contributed by atoms with E-state index in [9.17, 15) is 10.1 Å². The smallest absolute Gasteiger partial charge is 0.293 e. The number of para-hydroxylation sites is 1. The molecule has 0 aliphatic rings. The molecule has 0 saturated heterocycles. The first-order valence-electron chi connectivity index (χ1n) is 5.22. The highest BCUT2D eigenvalue weighted by Crippen LogP contribution is 2.31. The number of hydrogen-bond donors (Lipinski definition) is 1. The van der Waals surface area contributed by atoms with Crippen LogP contribution in [0.3, 0.4) is 0 Å². The summed E-state index contributed by atoms with van der Waals surface area (Å²) in [7, 11) is 1.85. The van der Waals surface area contributed by atoms with E-state index >= 15 is 0 Å². The molecule has 1 aromatic heterocycles. The molecule has 0 fully saturated rings. The summed E-state index contributed by atoms with van der Waals surface area (Å²) in [6, 6.07) is 4.56. The second-order valence-electron chi connectivity index (χ2n) is 3.70. The lowest BCUT2D eigenvalue weighted by Crippen LogP contribution is -2.07. The fourth-order valence-electron chi connectivity index (χ4n) is 1.57. The monoisotopic (exact) mass is 266 g/mol. The highest BCUT2D eigenvalue weighted by molar-refractivity contribution is 6.33. The van der Waals surface area contributed by atoms with Gasteiger partial charge in [0.15, 0.2) is 0 Å². The van der Waals surface area contributed by atoms with Crippen LogP contribution in [0.5, 0.6) is 0 Å². The average molecular weight is 267 g/mol. The number of aromatic nitrogens is 2. The number of nitro groups is 1. The van der Waals surface area contributed by atoms with Crippen molar-refractivity contribution in [3.63, 3.8) is 0 Å². The maximum Gasteiger partial charge on any atom is 0.293 e. The van der Waals surface area contributed by atoms with Gasteiger partial charge in [-0.15, -0.1) is 0 Å². The first-order chi connectivity index (χ1) is 8.59. The summed E-state index contributed by atoms with van der Waals surface area (Å²) in [5, 5.41) is 14.2. The maximum absolute atomic E-state index is 10.9. The van der Waals surface area contributed by atoms with Gasteiger partial charge in [0.1, 0.15) is 11.5 Å². The summed E-state index contributed by atoms with van der Waals surface area (Å²) in [6.07, 6.45) is 3.47. The Morgan fingerprint density at radius 1 is 1.56 bits per heavy atom. The normalized spacial score (nSPS) is 10.3. The van der Waals surface area contributed by atoms with Gasteiger partial charge in [0, 0.05) is 25.5 Å². The van der Waals surface area contributed by atoms with Gasteiger partial charge in [-0.3, -0.25) is 10.1 Å². The fourth-order valence-corrected chi connectivity index (χ4v) is 1.81. The molecule has 2 rings (SSSR count). The van der Waals surface area contributed by atoms with E-state index in [1.54, 1.807) is 24.5 Å². The molecule has 0 bridgehead atoms. The quantitative estimate of drug-likeness (QED) is 0.682. The van der Waals surface area contributed by atoms with Crippen molar-refractivity contribution in [3.8, 4) is 0 Å². The number of hydrogen-bond acceptors (Lipinski definition) is 4. The van der Waals surface area contributed by atoms with Gasteiger partial charge in [-0.05, 0) is 6.07 Å². The topological polar surface area (TPSA) is 73.0 Å². The van der Waals surface area contributed by atoms with Crippen LogP contribution in [0.2, 0.25) is 5.02 Å². The van der Waals surface area contributed by atoms with E-state index in [1.807, 2.05) is 11.6 Å². The SMILES string of the molecule is Cn1ccnc1CNc1c(Cl)cccc1[N+](=O)[O-]. The molecular formula is C11H11ClN4O2. The van der Waals surface area contributed by atoms with Crippen molar-refractivity contribution < 1.29 is 4.92 Å². The first kappa shape index (κ1) is 12.4. The molecule has 1 aromatic carbocycles. The van der Waals surface area contributed by atoms with Crippen LogP contribution in [0, 0.1) is 10.1 Å². The van der Waals surface area contributed by atoms with Crippen molar-refractivity contribution >= 4 is 23.0 Å². The summed E-state index contributed by atoms with van der Waals surface area (Å²) >= 11 is 5.96. The van der Waals surface area contributed by atoms with Crippen LogP contribution in [0.1, 0.15) is 5.82 Å². The number of benzene rings is 1. The molecule has 0 atom stereocenters. The third-order valence-electron chi connectivity index (χ3n) is 2.53. The minimum atomic E-state index is -0.466. The summed E-state index contributed by atoms with van der Waals surface area (Å²) in [5.41, 5.74) is 0.267. The van der Waals surface area contributed by atoms with Crippen molar-refractivity contribution in [1.29, 1.82) is 0 Å². The molecule has 0 aliphatic heterocycles. The minimum absolute atomic E-state index is 0.0447. The zero-order valence-electron chi connectivity index (χ0n) is 9.63. The maximum atomic E-state index is 10.9. The van der Waals surface area contributed by atoms with E-state index in [4.69, 9.17) is 11.6 Å². The van der Waals surface area contributed by atoms with E-state index in [0.717, 1.165) is 5.82 Å². The van der Waals surface area contributed by atoms with Crippen molar-refractivity contribution in [3.05, 3.63) is 51.6 Å². The molecule has 94 valence electrons. The molecular weight excluding hydrogens is 256 g/mol. The van der Waals surface area contributed by atoms with Gasteiger partial charge < -0.3 is 9.88 Å². The predicted molar refractivity (Wildman–Crippen MR) is 68.6 cm³/mol. The Hall–Kier alpha value is -2.08. The molecule has 0 amide bonds. The Morgan fingerprint density at radius 3 is 2.94 bits per heavy atom.